The Hall–Kier alpha value is -1.73. The summed E-state index contributed by atoms with van der Waals surface area (Å²) in [7, 11) is 0. The van der Waals surface area contributed by atoms with E-state index < -0.39 is 35.0 Å². The molecule has 25 heavy (non-hydrogen) atoms. The van der Waals surface area contributed by atoms with E-state index in [1.54, 1.807) is 0 Å². The Morgan fingerprint density at radius 1 is 0.920 bits per heavy atom. The zero-order valence-corrected chi connectivity index (χ0v) is 14.2. The Labute approximate surface area is 142 Å². The van der Waals surface area contributed by atoms with E-state index in [0.717, 1.165) is 12.8 Å². The third-order valence-corrected chi connectivity index (χ3v) is 3.70. The molecular formula is C17H21F6NO. The summed E-state index contributed by atoms with van der Waals surface area (Å²) < 4.78 is 76.7. The van der Waals surface area contributed by atoms with Crippen LogP contribution in [0.4, 0.5) is 26.3 Å². The number of alkyl halides is 6. The predicted molar refractivity (Wildman–Crippen MR) is 82.0 cm³/mol. The van der Waals surface area contributed by atoms with Gasteiger partial charge >= 0.3 is 12.4 Å². The van der Waals surface area contributed by atoms with Crippen molar-refractivity contribution in [3.8, 4) is 0 Å². The van der Waals surface area contributed by atoms with Gasteiger partial charge in [-0.05, 0) is 36.5 Å². The molecule has 142 valence electrons. The lowest BCUT2D eigenvalue weighted by Crippen LogP contribution is -2.29. The second-order valence-electron chi connectivity index (χ2n) is 6.58. The predicted octanol–water partition coefficient (Wildman–Crippen LogP) is 5.53. The van der Waals surface area contributed by atoms with E-state index in [4.69, 9.17) is 0 Å². The second-order valence-corrected chi connectivity index (χ2v) is 6.58. The van der Waals surface area contributed by atoms with Crippen LogP contribution in [-0.2, 0) is 12.4 Å². The molecule has 0 unspecified atom stereocenters. The van der Waals surface area contributed by atoms with Crippen LogP contribution in [0, 0.1) is 11.8 Å². The summed E-state index contributed by atoms with van der Waals surface area (Å²) in [4.78, 5) is 12.0. The minimum Gasteiger partial charge on any atom is -0.352 e. The molecule has 8 heteroatoms. The molecule has 0 aliphatic carbocycles. The minimum atomic E-state index is -4.97. The first-order chi connectivity index (χ1) is 11.3. The number of halogens is 6. The first-order valence-corrected chi connectivity index (χ1v) is 7.88. The smallest absolute Gasteiger partial charge is 0.352 e. The third-order valence-electron chi connectivity index (χ3n) is 3.70. The monoisotopic (exact) mass is 369 g/mol. The molecule has 0 radical (unpaired) electrons. The first kappa shape index (κ1) is 21.3. The number of amides is 1. The Kier molecular flexibility index (Phi) is 6.90. The normalized spacial score (nSPS) is 13.8. The molecule has 2 nitrogen and oxygen atoms in total. The number of hydrogen-bond donors (Lipinski definition) is 1. The van der Waals surface area contributed by atoms with E-state index >= 15 is 0 Å². The fourth-order valence-corrected chi connectivity index (χ4v) is 2.17. The van der Waals surface area contributed by atoms with Crippen LogP contribution in [0.25, 0.3) is 0 Å². The lowest BCUT2D eigenvalue weighted by molar-refractivity contribution is -0.143. The maximum atomic E-state index is 12.8. The number of carbonyl (C=O) groups is 1. The molecule has 1 amide bonds. The van der Waals surface area contributed by atoms with Gasteiger partial charge in [0.1, 0.15) is 0 Å². The number of carbonyl (C=O) groups excluding carboxylic acids is 1. The molecule has 0 bridgehead atoms. The Morgan fingerprint density at radius 3 is 1.80 bits per heavy atom. The highest BCUT2D eigenvalue weighted by Crippen LogP contribution is 2.36. The molecule has 1 aromatic rings. The summed E-state index contributed by atoms with van der Waals surface area (Å²) in [6.07, 6.45) is -8.23. The van der Waals surface area contributed by atoms with Crippen molar-refractivity contribution in [1.82, 2.24) is 5.32 Å². The molecule has 1 rings (SSSR count). The van der Waals surface area contributed by atoms with Crippen LogP contribution in [0.1, 0.15) is 55.1 Å². The highest BCUT2D eigenvalue weighted by Gasteiger charge is 2.37. The first-order valence-electron chi connectivity index (χ1n) is 7.88. The molecule has 0 saturated carbocycles. The molecule has 0 heterocycles. The van der Waals surface area contributed by atoms with Crippen molar-refractivity contribution in [1.29, 1.82) is 0 Å². The van der Waals surface area contributed by atoms with Gasteiger partial charge in [0, 0.05) is 12.1 Å². The van der Waals surface area contributed by atoms with Crippen molar-refractivity contribution < 1.29 is 31.1 Å². The van der Waals surface area contributed by atoms with Crippen molar-refractivity contribution in [3.05, 3.63) is 34.9 Å². The lowest BCUT2D eigenvalue weighted by Gasteiger charge is -2.16. The topological polar surface area (TPSA) is 29.1 Å². The molecule has 0 aliphatic heterocycles. The fourth-order valence-electron chi connectivity index (χ4n) is 2.17. The summed E-state index contributed by atoms with van der Waals surface area (Å²) >= 11 is 0. The number of nitrogens with one attached hydrogen (secondary N) is 1. The second kappa shape index (κ2) is 8.10. The third kappa shape index (κ3) is 6.96. The Morgan fingerprint density at radius 2 is 1.40 bits per heavy atom. The van der Waals surface area contributed by atoms with Gasteiger partial charge in [-0.3, -0.25) is 4.79 Å². The average Bonchev–Trinajstić information content (AvgIpc) is 2.48. The molecular weight excluding hydrogens is 348 g/mol. The quantitative estimate of drug-likeness (QED) is 0.657. The van der Waals surface area contributed by atoms with Crippen molar-refractivity contribution in [2.24, 2.45) is 11.8 Å². The molecule has 1 aromatic carbocycles. The van der Waals surface area contributed by atoms with Crippen molar-refractivity contribution in [2.45, 2.75) is 46.0 Å². The summed E-state index contributed by atoms with van der Waals surface area (Å²) in [5.74, 6) is -0.414. The lowest BCUT2D eigenvalue weighted by atomic mass is 9.99. The summed E-state index contributed by atoms with van der Waals surface area (Å²) in [6.45, 7) is 6.11. The maximum Gasteiger partial charge on any atom is 0.416 e. The molecule has 0 spiro atoms. The van der Waals surface area contributed by atoms with Crippen molar-refractivity contribution in [3.63, 3.8) is 0 Å². The molecule has 0 aromatic heterocycles. The zero-order chi connectivity index (χ0) is 19.4. The zero-order valence-electron chi connectivity index (χ0n) is 14.2. The van der Waals surface area contributed by atoms with Crippen LogP contribution in [0.5, 0.6) is 0 Å². The van der Waals surface area contributed by atoms with E-state index in [0.29, 0.717) is 18.1 Å². The van der Waals surface area contributed by atoms with Crippen LogP contribution in [0.2, 0.25) is 0 Å². The van der Waals surface area contributed by atoms with Gasteiger partial charge in [0.15, 0.2) is 0 Å². The van der Waals surface area contributed by atoms with Crippen LogP contribution < -0.4 is 5.32 Å². The number of benzene rings is 1. The molecule has 1 N–H and O–H groups in total. The van der Waals surface area contributed by atoms with Gasteiger partial charge in [-0.2, -0.15) is 26.3 Å². The van der Waals surface area contributed by atoms with Crippen LogP contribution >= 0.6 is 0 Å². The van der Waals surface area contributed by atoms with Crippen molar-refractivity contribution in [2.75, 3.05) is 6.54 Å². The largest absolute Gasteiger partial charge is 0.416 e. The number of rotatable bonds is 6. The SMILES string of the molecule is CC(C)CC[C@H](C)CNC(=O)c1cc(C(F)(F)F)cc(C(F)(F)F)c1. The van der Waals surface area contributed by atoms with Crippen LogP contribution in [-0.4, -0.2) is 12.5 Å². The maximum absolute atomic E-state index is 12.8. The van der Waals surface area contributed by atoms with Crippen LogP contribution in [0.3, 0.4) is 0 Å². The van der Waals surface area contributed by atoms with Gasteiger partial charge in [0.25, 0.3) is 5.91 Å². The Balaban J connectivity index is 2.94. The average molecular weight is 369 g/mol. The van der Waals surface area contributed by atoms with Gasteiger partial charge in [-0.15, -0.1) is 0 Å². The van der Waals surface area contributed by atoms with E-state index in [2.05, 4.69) is 5.32 Å². The standard InChI is InChI=1S/C17H21F6NO/c1-10(2)4-5-11(3)9-24-15(25)12-6-13(16(18,19)20)8-14(7-12)17(21,22)23/h6-8,10-11H,4-5,9H2,1-3H3,(H,24,25)/t11-/m0/s1. The summed E-state index contributed by atoms with van der Waals surface area (Å²) in [6, 6.07) is 0.870. The van der Waals surface area contributed by atoms with Gasteiger partial charge in [-0.1, -0.05) is 27.2 Å². The van der Waals surface area contributed by atoms with E-state index in [1.165, 1.54) is 0 Å². The van der Waals surface area contributed by atoms with Gasteiger partial charge in [0.2, 0.25) is 0 Å². The highest BCUT2D eigenvalue weighted by atomic mass is 19.4. The van der Waals surface area contributed by atoms with Gasteiger partial charge in [0.05, 0.1) is 11.1 Å². The Bertz CT molecular complexity index is 560. The molecule has 0 fully saturated rings. The molecule has 1 atom stereocenters. The highest BCUT2D eigenvalue weighted by molar-refractivity contribution is 5.94. The van der Waals surface area contributed by atoms with Crippen molar-refractivity contribution >= 4 is 5.91 Å². The van der Waals surface area contributed by atoms with Crippen LogP contribution in [0.15, 0.2) is 18.2 Å². The number of hydrogen-bond acceptors (Lipinski definition) is 1. The van der Waals surface area contributed by atoms with Gasteiger partial charge < -0.3 is 5.32 Å². The van der Waals surface area contributed by atoms with E-state index in [-0.39, 0.29) is 18.5 Å². The van der Waals surface area contributed by atoms with E-state index in [9.17, 15) is 31.1 Å². The summed E-state index contributed by atoms with van der Waals surface area (Å²) in [5, 5.41) is 2.41. The summed E-state index contributed by atoms with van der Waals surface area (Å²) in [5.41, 5.74) is -3.65. The minimum absolute atomic E-state index is 0.00203. The fraction of sp³-hybridized carbons (Fsp3) is 0.588. The van der Waals surface area contributed by atoms with Gasteiger partial charge in [-0.25, -0.2) is 0 Å². The molecule has 0 saturated heterocycles. The van der Waals surface area contributed by atoms with E-state index in [1.807, 2.05) is 20.8 Å². The molecule has 0 aliphatic rings.